The topological polar surface area (TPSA) is 38.5 Å². The molecule has 0 saturated heterocycles. The van der Waals surface area contributed by atoms with E-state index in [0.29, 0.717) is 0 Å². The molecule has 0 spiro atoms. The van der Waals surface area contributed by atoms with E-state index in [1.165, 1.54) is 5.56 Å². The van der Waals surface area contributed by atoms with Crippen LogP contribution in [0.4, 0.5) is 0 Å². The zero-order valence-corrected chi connectivity index (χ0v) is 12.1. The lowest BCUT2D eigenvalue weighted by Crippen LogP contribution is -2.07. The molecule has 0 radical (unpaired) electrons. The predicted octanol–water partition coefficient (Wildman–Crippen LogP) is 3.19. The highest BCUT2D eigenvalue weighted by molar-refractivity contribution is 7.71. The van der Waals surface area contributed by atoms with Gasteiger partial charge in [0.1, 0.15) is 5.82 Å². The fourth-order valence-corrected chi connectivity index (χ4v) is 2.56. The van der Waals surface area contributed by atoms with E-state index in [-0.39, 0.29) is 0 Å². The molecule has 2 heterocycles. The van der Waals surface area contributed by atoms with Crippen molar-refractivity contribution in [3.8, 4) is 11.3 Å². The Kier molecular flexibility index (Phi) is 3.52. The van der Waals surface area contributed by atoms with Crippen LogP contribution in [0.1, 0.15) is 5.82 Å². The van der Waals surface area contributed by atoms with Crippen LogP contribution in [0.15, 0.2) is 48.9 Å². The lowest BCUT2D eigenvalue weighted by molar-refractivity contribution is 0.648. The maximum Gasteiger partial charge on any atom is 0.177 e. The van der Waals surface area contributed by atoms with E-state index in [4.69, 9.17) is 12.2 Å². The molecule has 3 rings (SSSR count). The Morgan fingerprint density at radius 3 is 2.75 bits per heavy atom. The zero-order valence-electron chi connectivity index (χ0n) is 11.3. The van der Waals surface area contributed by atoms with E-state index < -0.39 is 0 Å². The average molecular weight is 284 g/mol. The Morgan fingerprint density at radius 2 is 2.05 bits per heavy atom. The summed E-state index contributed by atoms with van der Waals surface area (Å²) < 4.78 is 4.91. The first-order chi connectivity index (χ1) is 9.75. The smallest absolute Gasteiger partial charge is 0.177 e. The first kappa shape index (κ1) is 12.9. The largest absolute Gasteiger partial charge is 0.338 e. The van der Waals surface area contributed by atoms with Crippen LogP contribution in [0.3, 0.4) is 0 Å². The fraction of sp³-hybridized carbons (Fsp3) is 0.200. The summed E-state index contributed by atoms with van der Waals surface area (Å²) in [5.41, 5.74) is 2.28. The summed E-state index contributed by atoms with van der Waals surface area (Å²) in [7, 11) is 2.01. The van der Waals surface area contributed by atoms with Gasteiger partial charge in [-0.3, -0.25) is 0 Å². The zero-order chi connectivity index (χ0) is 13.9. The lowest BCUT2D eigenvalue weighted by atomic mass is 10.2. The second kappa shape index (κ2) is 5.46. The Hall–Kier alpha value is -2.14. The van der Waals surface area contributed by atoms with E-state index >= 15 is 0 Å². The maximum absolute atomic E-state index is 5.38. The molecule has 0 aliphatic heterocycles. The number of H-pyrrole nitrogens is 1. The average Bonchev–Trinajstić information content (AvgIpc) is 3.04. The quantitative estimate of drug-likeness (QED) is 0.747. The number of aryl methyl sites for hydroxylation is 2. The minimum atomic E-state index is 0.748. The van der Waals surface area contributed by atoms with Crippen molar-refractivity contribution in [1.29, 1.82) is 0 Å². The van der Waals surface area contributed by atoms with Crippen molar-refractivity contribution < 1.29 is 0 Å². The molecule has 0 aliphatic rings. The second-order valence-electron chi connectivity index (χ2n) is 4.70. The summed E-state index contributed by atoms with van der Waals surface area (Å²) in [6.45, 7) is 0.817. The molecular formula is C15H16N4S. The van der Waals surface area contributed by atoms with Crippen molar-refractivity contribution >= 4 is 12.2 Å². The molecule has 20 heavy (non-hydrogen) atoms. The van der Waals surface area contributed by atoms with Crippen LogP contribution in [0, 0.1) is 4.77 Å². The monoisotopic (exact) mass is 284 g/mol. The van der Waals surface area contributed by atoms with Gasteiger partial charge in [0.25, 0.3) is 0 Å². The Morgan fingerprint density at radius 1 is 1.25 bits per heavy atom. The van der Waals surface area contributed by atoms with Gasteiger partial charge in [-0.15, -0.1) is 0 Å². The third-order valence-corrected chi connectivity index (χ3v) is 3.76. The second-order valence-corrected chi connectivity index (χ2v) is 5.09. The number of nitrogens with zero attached hydrogens (tertiary/aromatic N) is 3. The van der Waals surface area contributed by atoms with Gasteiger partial charge in [0.2, 0.25) is 0 Å². The molecule has 102 valence electrons. The molecule has 1 N–H and O–H groups in total. The van der Waals surface area contributed by atoms with E-state index in [1.807, 2.05) is 48.4 Å². The van der Waals surface area contributed by atoms with Crippen molar-refractivity contribution in [1.82, 2.24) is 19.1 Å². The highest BCUT2D eigenvalue weighted by atomic mass is 32.1. The number of nitrogens with one attached hydrogen (secondary N) is 1. The standard InChI is InChI=1S/C15H16N4S/c1-18-10-8-16-14(18)7-9-19-13(11-17-15(19)20)12-5-3-2-4-6-12/h2-6,8,10-11H,7,9H2,1H3,(H,17,20). The molecule has 5 heteroatoms. The molecule has 0 aliphatic carbocycles. The van der Waals surface area contributed by atoms with Crippen LogP contribution >= 0.6 is 12.2 Å². The van der Waals surface area contributed by atoms with Gasteiger partial charge in [0.15, 0.2) is 4.77 Å². The van der Waals surface area contributed by atoms with Gasteiger partial charge in [-0.2, -0.15) is 0 Å². The molecule has 3 aromatic rings. The maximum atomic E-state index is 5.38. The molecule has 0 unspecified atom stereocenters. The van der Waals surface area contributed by atoms with Gasteiger partial charge in [0, 0.05) is 38.6 Å². The van der Waals surface area contributed by atoms with Gasteiger partial charge < -0.3 is 14.1 Å². The van der Waals surface area contributed by atoms with Crippen LogP contribution in [0.25, 0.3) is 11.3 Å². The summed E-state index contributed by atoms with van der Waals surface area (Å²) in [6, 6.07) is 10.3. The van der Waals surface area contributed by atoms with E-state index in [0.717, 1.165) is 29.3 Å². The van der Waals surface area contributed by atoms with E-state index in [2.05, 4.69) is 26.7 Å². The molecule has 0 bridgehead atoms. The first-order valence-corrected chi connectivity index (χ1v) is 6.96. The van der Waals surface area contributed by atoms with Crippen molar-refractivity contribution in [3.05, 3.63) is 59.5 Å². The Bertz CT molecular complexity index is 752. The van der Waals surface area contributed by atoms with Gasteiger partial charge >= 0.3 is 0 Å². The highest BCUT2D eigenvalue weighted by Crippen LogP contribution is 2.19. The number of hydrogen-bond donors (Lipinski definition) is 1. The van der Waals surface area contributed by atoms with Crippen LogP contribution in [0.5, 0.6) is 0 Å². The number of imidazole rings is 2. The molecule has 0 fully saturated rings. The Labute approximate surface area is 122 Å². The van der Waals surface area contributed by atoms with Gasteiger partial charge in [-0.1, -0.05) is 30.3 Å². The lowest BCUT2D eigenvalue weighted by Gasteiger charge is -2.08. The molecule has 2 aromatic heterocycles. The van der Waals surface area contributed by atoms with Crippen molar-refractivity contribution in [2.45, 2.75) is 13.0 Å². The minimum Gasteiger partial charge on any atom is -0.338 e. The molecule has 0 atom stereocenters. The van der Waals surface area contributed by atoms with Crippen LogP contribution < -0.4 is 0 Å². The summed E-state index contributed by atoms with van der Waals surface area (Å²) >= 11 is 5.38. The minimum absolute atomic E-state index is 0.748. The first-order valence-electron chi connectivity index (χ1n) is 6.55. The number of benzene rings is 1. The molecule has 0 amide bonds. The highest BCUT2D eigenvalue weighted by Gasteiger charge is 2.07. The Balaban J connectivity index is 1.89. The summed E-state index contributed by atoms with van der Waals surface area (Å²) in [5.74, 6) is 1.06. The number of aromatic amines is 1. The predicted molar refractivity (Wildman–Crippen MR) is 82.0 cm³/mol. The van der Waals surface area contributed by atoms with Crippen molar-refractivity contribution in [2.75, 3.05) is 0 Å². The summed E-state index contributed by atoms with van der Waals surface area (Å²) in [4.78, 5) is 7.48. The normalized spacial score (nSPS) is 10.8. The summed E-state index contributed by atoms with van der Waals surface area (Å²) in [6.07, 6.45) is 6.61. The van der Waals surface area contributed by atoms with Crippen molar-refractivity contribution in [3.63, 3.8) is 0 Å². The molecule has 1 aromatic carbocycles. The third kappa shape index (κ3) is 2.44. The van der Waals surface area contributed by atoms with Gasteiger partial charge in [0.05, 0.1) is 5.69 Å². The molecular weight excluding hydrogens is 268 g/mol. The number of rotatable bonds is 4. The molecule has 0 saturated carbocycles. The van der Waals surface area contributed by atoms with E-state index in [1.54, 1.807) is 0 Å². The fourth-order valence-electron chi connectivity index (χ4n) is 2.31. The molecule has 4 nitrogen and oxygen atoms in total. The van der Waals surface area contributed by atoms with Crippen molar-refractivity contribution in [2.24, 2.45) is 7.05 Å². The van der Waals surface area contributed by atoms with Crippen LogP contribution in [-0.4, -0.2) is 19.1 Å². The summed E-state index contributed by atoms with van der Waals surface area (Å²) in [5, 5.41) is 0. The van der Waals surface area contributed by atoms with Gasteiger partial charge in [-0.05, 0) is 17.8 Å². The van der Waals surface area contributed by atoms with Gasteiger partial charge in [-0.25, -0.2) is 4.98 Å². The number of hydrogen-bond acceptors (Lipinski definition) is 2. The third-order valence-electron chi connectivity index (χ3n) is 3.42. The number of aromatic nitrogens is 4. The SMILES string of the molecule is Cn1ccnc1CCn1c(-c2ccccc2)c[nH]c1=S. The van der Waals surface area contributed by atoms with Crippen LogP contribution in [0.2, 0.25) is 0 Å². The van der Waals surface area contributed by atoms with Crippen LogP contribution in [-0.2, 0) is 20.0 Å². The van der Waals surface area contributed by atoms with E-state index in [9.17, 15) is 0 Å².